The number of aliphatic carboxylic acids is 1. The largest absolute Gasteiger partial charge is 0.497 e. The minimum atomic E-state index is -3.80. The highest BCUT2D eigenvalue weighted by Gasteiger charge is 2.56. The number of rotatable bonds is 4. The molecular weight excluding hydrogens is 296 g/mol. The predicted molar refractivity (Wildman–Crippen MR) is 72.9 cm³/mol. The third kappa shape index (κ3) is 2.13. The van der Waals surface area contributed by atoms with Gasteiger partial charge in [0.15, 0.2) is 9.84 Å². The third-order valence-electron chi connectivity index (χ3n) is 3.87. The van der Waals surface area contributed by atoms with Crippen molar-refractivity contribution in [3.8, 4) is 5.75 Å². The van der Waals surface area contributed by atoms with E-state index in [1.54, 1.807) is 12.2 Å². The van der Waals surface area contributed by atoms with Gasteiger partial charge in [0.2, 0.25) is 0 Å². The van der Waals surface area contributed by atoms with Crippen LogP contribution in [0.15, 0.2) is 41.3 Å². The van der Waals surface area contributed by atoms with Gasteiger partial charge in [0.1, 0.15) is 16.9 Å². The van der Waals surface area contributed by atoms with Crippen LogP contribution in [0.1, 0.15) is 0 Å². The summed E-state index contributed by atoms with van der Waals surface area (Å²) in [5, 5.41) is 8.20. The lowest BCUT2D eigenvalue weighted by atomic mass is 9.94. The van der Waals surface area contributed by atoms with Crippen molar-refractivity contribution < 1.29 is 27.8 Å². The fourth-order valence-electron chi connectivity index (χ4n) is 2.85. The number of carbonyl (C=O) groups is 1. The molecule has 0 spiro atoms. The number of sulfone groups is 1. The smallest absolute Gasteiger partial charge is 0.310 e. The molecule has 1 N–H and O–H groups in total. The molecule has 1 aromatic rings. The summed E-state index contributed by atoms with van der Waals surface area (Å²) in [7, 11) is -2.32. The van der Waals surface area contributed by atoms with E-state index in [2.05, 4.69) is 0 Å². The first-order valence-electron chi connectivity index (χ1n) is 6.39. The number of ether oxygens (including phenoxy) is 2. The van der Waals surface area contributed by atoms with E-state index < -0.39 is 39.2 Å². The summed E-state index contributed by atoms with van der Waals surface area (Å²) in [5.74, 6) is -1.70. The fraction of sp³-hybridized carbons (Fsp3) is 0.357. The van der Waals surface area contributed by atoms with Crippen LogP contribution in [0.5, 0.6) is 5.75 Å². The molecule has 2 aliphatic heterocycles. The van der Waals surface area contributed by atoms with Crippen molar-refractivity contribution in [2.75, 3.05) is 7.11 Å². The lowest BCUT2D eigenvalue weighted by Crippen LogP contribution is -2.41. The minimum absolute atomic E-state index is 0.0732. The second kappa shape index (κ2) is 4.85. The van der Waals surface area contributed by atoms with Crippen molar-refractivity contribution in [1.29, 1.82) is 0 Å². The van der Waals surface area contributed by atoms with Crippen LogP contribution in [0.3, 0.4) is 0 Å². The Kier molecular flexibility index (Phi) is 3.26. The zero-order valence-corrected chi connectivity index (χ0v) is 12.0. The van der Waals surface area contributed by atoms with Crippen molar-refractivity contribution >= 4 is 15.8 Å². The van der Waals surface area contributed by atoms with Gasteiger partial charge in [0, 0.05) is 0 Å². The molecule has 1 fully saturated rings. The van der Waals surface area contributed by atoms with E-state index in [1.807, 2.05) is 0 Å². The molecule has 1 aromatic carbocycles. The van der Waals surface area contributed by atoms with E-state index >= 15 is 0 Å². The van der Waals surface area contributed by atoms with Gasteiger partial charge >= 0.3 is 5.97 Å². The summed E-state index contributed by atoms with van der Waals surface area (Å²) in [6.07, 6.45) is 1.85. The zero-order chi connectivity index (χ0) is 15.2. The molecule has 6 nitrogen and oxygen atoms in total. The number of benzene rings is 1. The SMILES string of the molecule is COc1ccc(S(=O)(=O)C2C3C=CC(O3)C2C(=O)O)cc1. The highest BCUT2D eigenvalue weighted by Crippen LogP contribution is 2.40. The topological polar surface area (TPSA) is 89.9 Å². The number of hydrogen-bond donors (Lipinski definition) is 1. The van der Waals surface area contributed by atoms with Crippen LogP contribution in [-0.4, -0.2) is 44.1 Å². The maximum absolute atomic E-state index is 12.7. The zero-order valence-electron chi connectivity index (χ0n) is 11.2. The maximum Gasteiger partial charge on any atom is 0.310 e. The molecule has 21 heavy (non-hydrogen) atoms. The van der Waals surface area contributed by atoms with E-state index in [0.29, 0.717) is 5.75 Å². The number of carboxylic acid groups (broad SMARTS) is 1. The van der Waals surface area contributed by atoms with Gasteiger partial charge in [0.05, 0.1) is 24.2 Å². The summed E-state index contributed by atoms with van der Waals surface area (Å²) in [5.41, 5.74) is 0. The van der Waals surface area contributed by atoms with Gasteiger partial charge in [-0.1, -0.05) is 12.2 Å². The Hall–Kier alpha value is -1.86. The van der Waals surface area contributed by atoms with Gasteiger partial charge in [-0.15, -0.1) is 0 Å². The van der Waals surface area contributed by atoms with Crippen LogP contribution in [0.4, 0.5) is 0 Å². The molecule has 4 unspecified atom stereocenters. The molecule has 1 saturated heterocycles. The van der Waals surface area contributed by atoms with Crippen LogP contribution in [-0.2, 0) is 19.4 Å². The second-order valence-corrected chi connectivity index (χ2v) is 7.11. The van der Waals surface area contributed by atoms with Gasteiger partial charge in [0.25, 0.3) is 0 Å². The Morgan fingerprint density at radius 2 is 1.81 bits per heavy atom. The number of carboxylic acids is 1. The summed E-state index contributed by atoms with van der Waals surface area (Å²) < 4.78 is 35.8. The molecule has 3 rings (SSSR count). The van der Waals surface area contributed by atoms with Crippen LogP contribution in [0.25, 0.3) is 0 Å². The van der Waals surface area contributed by atoms with E-state index in [1.165, 1.54) is 31.4 Å². The van der Waals surface area contributed by atoms with Crippen molar-refractivity contribution in [2.24, 2.45) is 5.92 Å². The van der Waals surface area contributed by atoms with Gasteiger partial charge in [-0.25, -0.2) is 8.42 Å². The molecule has 4 atom stereocenters. The van der Waals surface area contributed by atoms with Crippen molar-refractivity contribution in [2.45, 2.75) is 22.4 Å². The van der Waals surface area contributed by atoms with E-state index in [0.717, 1.165) is 0 Å². The summed E-state index contributed by atoms with van der Waals surface area (Å²) in [6, 6.07) is 5.91. The average Bonchev–Trinajstić information content (AvgIpc) is 3.08. The Balaban J connectivity index is 2.00. The fourth-order valence-corrected chi connectivity index (χ4v) is 4.84. The first kappa shape index (κ1) is 14.1. The predicted octanol–water partition coefficient (Wildman–Crippen LogP) is 0.875. The van der Waals surface area contributed by atoms with Crippen molar-refractivity contribution in [1.82, 2.24) is 0 Å². The molecule has 112 valence electrons. The minimum Gasteiger partial charge on any atom is -0.497 e. The van der Waals surface area contributed by atoms with Gasteiger partial charge in [-0.2, -0.15) is 0 Å². The molecule has 0 radical (unpaired) electrons. The lowest BCUT2D eigenvalue weighted by Gasteiger charge is -2.22. The second-order valence-electron chi connectivity index (χ2n) is 5.00. The van der Waals surface area contributed by atoms with Gasteiger partial charge in [-0.05, 0) is 24.3 Å². The Morgan fingerprint density at radius 1 is 1.19 bits per heavy atom. The maximum atomic E-state index is 12.7. The van der Waals surface area contributed by atoms with E-state index in [-0.39, 0.29) is 4.90 Å². The van der Waals surface area contributed by atoms with E-state index in [9.17, 15) is 18.3 Å². The standard InChI is InChI=1S/C14H14O6S/c1-19-8-2-4-9(5-3-8)21(17,18)13-11-7-6-10(20-11)12(13)14(15)16/h2-7,10-13H,1H3,(H,15,16). The van der Waals surface area contributed by atoms with Gasteiger partial charge < -0.3 is 14.6 Å². The number of hydrogen-bond acceptors (Lipinski definition) is 5. The first-order chi connectivity index (χ1) is 9.95. The van der Waals surface area contributed by atoms with Crippen LogP contribution in [0, 0.1) is 5.92 Å². The molecule has 2 heterocycles. The van der Waals surface area contributed by atoms with Gasteiger partial charge in [-0.3, -0.25) is 4.79 Å². The Morgan fingerprint density at radius 3 is 2.38 bits per heavy atom. The molecule has 2 bridgehead atoms. The molecule has 0 amide bonds. The normalized spacial score (nSPS) is 30.5. The molecule has 0 aromatic heterocycles. The lowest BCUT2D eigenvalue weighted by molar-refractivity contribution is -0.142. The highest BCUT2D eigenvalue weighted by molar-refractivity contribution is 7.92. The van der Waals surface area contributed by atoms with Crippen molar-refractivity contribution in [3.63, 3.8) is 0 Å². The van der Waals surface area contributed by atoms with Crippen LogP contribution in [0.2, 0.25) is 0 Å². The summed E-state index contributed by atoms with van der Waals surface area (Å²) >= 11 is 0. The molecular formula is C14H14O6S. The number of fused-ring (bicyclic) bond motifs is 2. The van der Waals surface area contributed by atoms with Crippen molar-refractivity contribution in [3.05, 3.63) is 36.4 Å². The average molecular weight is 310 g/mol. The number of methoxy groups -OCH3 is 1. The van der Waals surface area contributed by atoms with Crippen LogP contribution >= 0.6 is 0 Å². The van der Waals surface area contributed by atoms with E-state index in [4.69, 9.17) is 9.47 Å². The highest BCUT2D eigenvalue weighted by atomic mass is 32.2. The van der Waals surface area contributed by atoms with Crippen LogP contribution < -0.4 is 4.74 Å². The monoisotopic (exact) mass is 310 g/mol. The molecule has 0 aliphatic carbocycles. The first-order valence-corrected chi connectivity index (χ1v) is 7.94. The third-order valence-corrected chi connectivity index (χ3v) is 6.08. The Labute approximate surface area is 121 Å². The summed E-state index contributed by atoms with van der Waals surface area (Å²) in [4.78, 5) is 11.5. The molecule has 0 saturated carbocycles. The molecule has 7 heteroatoms. The molecule has 2 aliphatic rings. The quantitative estimate of drug-likeness (QED) is 0.830. The Bertz CT molecular complexity index is 691. The summed E-state index contributed by atoms with van der Waals surface area (Å²) in [6.45, 7) is 0.